The fourth-order valence-corrected chi connectivity index (χ4v) is 4.09. The normalized spacial score (nSPS) is 14.2. The standard InChI is InChI=1S/C23H30N4O3S/c1-30-19-10-8-18(9-11-19)27-16-14-26(15-17-27)13-5-12-24-22(28)23(29)25-20-6-3-4-7-21(20)31-2/h3-4,6-11H,5,12-17H2,1-2H3,(H,24,28)(H,25,29). The van der Waals surface area contributed by atoms with E-state index in [1.807, 2.05) is 36.6 Å². The van der Waals surface area contributed by atoms with Crippen molar-refractivity contribution in [3.63, 3.8) is 0 Å². The molecule has 1 aliphatic heterocycles. The van der Waals surface area contributed by atoms with Crippen LogP contribution < -0.4 is 20.3 Å². The fraction of sp³-hybridized carbons (Fsp3) is 0.391. The highest BCUT2D eigenvalue weighted by Crippen LogP contribution is 2.24. The van der Waals surface area contributed by atoms with Crippen molar-refractivity contribution in [2.75, 3.05) is 62.9 Å². The Morgan fingerprint density at radius 2 is 1.71 bits per heavy atom. The molecule has 1 saturated heterocycles. The van der Waals surface area contributed by atoms with Crippen molar-refractivity contribution in [1.29, 1.82) is 0 Å². The molecule has 2 amide bonds. The van der Waals surface area contributed by atoms with Gasteiger partial charge in [-0.15, -0.1) is 11.8 Å². The summed E-state index contributed by atoms with van der Waals surface area (Å²) in [5.74, 6) is -0.360. The number of benzene rings is 2. The minimum atomic E-state index is -0.630. The summed E-state index contributed by atoms with van der Waals surface area (Å²) in [5.41, 5.74) is 1.87. The van der Waals surface area contributed by atoms with Crippen LogP contribution in [-0.4, -0.2) is 69.3 Å². The molecule has 3 rings (SSSR count). The summed E-state index contributed by atoms with van der Waals surface area (Å²) in [5, 5.41) is 5.40. The van der Waals surface area contributed by atoms with Gasteiger partial charge in [0.15, 0.2) is 0 Å². The predicted octanol–water partition coefficient (Wildman–Crippen LogP) is 2.68. The van der Waals surface area contributed by atoms with Gasteiger partial charge in [0.25, 0.3) is 0 Å². The third kappa shape index (κ3) is 6.63. The number of thioether (sulfide) groups is 1. The third-order valence-electron chi connectivity index (χ3n) is 5.31. The van der Waals surface area contributed by atoms with Crippen molar-refractivity contribution in [3.05, 3.63) is 48.5 Å². The van der Waals surface area contributed by atoms with Gasteiger partial charge in [-0.1, -0.05) is 12.1 Å². The maximum absolute atomic E-state index is 12.1. The van der Waals surface area contributed by atoms with E-state index in [0.717, 1.165) is 49.8 Å². The molecule has 8 heteroatoms. The van der Waals surface area contributed by atoms with E-state index >= 15 is 0 Å². The second kappa shape index (κ2) is 11.6. The second-order valence-corrected chi connectivity index (χ2v) is 8.14. The Morgan fingerprint density at radius 3 is 2.39 bits per heavy atom. The van der Waals surface area contributed by atoms with E-state index in [4.69, 9.17) is 4.74 Å². The van der Waals surface area contributed by atoms with Gasteiger partial charge in [0.05, 0.1) is 12.8 Å². The molecule has 31 heavy (non-hydrogen) atoms. The van der Waals surface area contributed by atoms with E-state index < -0.39 is 11.8 Å². The molecule has 0 bridgehead atoms. The van der Waals surface area contributed by atoms with Crippen LogP contribution in [0.1, 0.15) is 6.42 Å². The Balaban J connectivity index is 1.33. The quantitative estimate of drug-likeness (QED) is 0.372. The van der Waals surface area contributed by atoms with Gasteiger partial charge in [-0.2, -0.15) is 0 Å². The number of methoxy groups -OCH3 is 1. The van der Waals surface area contributed by atoms with Crippen molar-refractivity contribution in [1.82, 2.24) is 10.2 Å². The van der Waals surface area contributed by atoms with Crippen LogP contribution in [0.5, 0.6) is 5.75 Å². The molecule has 1 heterocycles. The van der Waals surface area contributed by atoms with Gasteiger partial charge in [0, 0.05) is 43.3 Å². The van der Waals surface area contributed by atoms with Crippen molar-refractivity contribution in [2.24, 2.45) is 0 Å². The smallest absolute Gasteiger partial charge is 0.313 e. The number of amides is 2. The molecule has 2 aromatic rings. The number of hydrogen-bond donors (Lipinski definition) is 2. The van der Waals surface area contributed by atoms with Crippen molar-refractivity contribution in [3.8, 4) is 5.75 Å². The Morgan fingerprint density at radius 1 is 1.00 bits per heavy atom. The summed E-state index contributed by atoms with van der Waals surface area (Å²) in [6.45, 7) is 5.27. The fourth-order valence-electron chi connectivity index (χ4n) is 3.53. The van der Waals surface area contributed by atoms with Crippen LogP contribution in [0.2, 0.25) is 0 Å². The van der Waals surface area contributed by atoms with Crippen LogP contribution in [0.3, 0.4) is 0 Å². The Labute approximate surface area is 188 Å². The van der Waals surface area contributed by atoms with E-state index in [2.05, 4.69) is 32.6 Å². The lowest BCUT2D eigenvalue weighted by Gasteiger charge is -2.36. The molecule has 0 aliphatic carbocycles. The molecule has 2 N–H and O–H groups in total. The zero-order valence-electron chi connectivity index (χ0n) is 18.1. The number of piperazine rings is 1. The van der Waals surface area contributed by atoms with E-state index in [9.17, 15) is 9.59 Å². The summed E-state index contributed by atoms with van der Waals surface area (Å²) < 4.78 is 5.22. The summed E-state index contributed by atoms with van der Waals surface area (Å²) >= 11 is 1.53. The Bertz CT molecular complexity index is 867. The summed E-state index contributed by atoms with van der Waals surface area (Å²) in [4.78, 5) is 29.9. The first kappa shape index (κ1) is 23.0. The van der Waals surface area contributed by atoms with Gasteiger partial charge < -0.3 is 20.3 Å². The number of nitrogens with zero attached hydrogens (tertiary/aromatic N) is 2. The zero-order chi connectivity index (χ0) is 22.1. The van der Waals surface area contributed by atoms with E-state index in [1.54, 1.807) is 13.2 Å². The van der Waals surface area contributed by atoms with Crippen molar-refractivity contribution in [2.45, 2.75) is 11.3 Å². The maximum Gasteiger partial charge on any atom is 0.313 e. The molecule has 0 atom stereocenters. The van der Waals surface area contributed by atoms with Crippen LogP contribution in [0.15, 0.2) is 53.4 Å². The molecule has 0 spiro atoms. The minimum absolute atomic E-state index is 0.481. The van der Waals surface area contributed by atoms with Gasteiger partial charge in [-0.05, 0) is 55.6 Å². The molecule has 1 aliphatic rings. The molecule has 166 valence electrons. The average Bonchev–Trinajstić information content (AvgIpc) is 2.82. The average molecular weight is 443 g/mol. The zero-order valence-corrected chi connectivity index (χ0v) is 18.9. The number of para-hydroxylation sites is 1. The Kier molecular flexibility index (Phi) is 8.61. The number of nitrogens with one attached hydrogen (secondary N) is 2. The van der Waals surface area contributed by atoms with Gasteiger partial charge in [-0.25, -0.2) is 0 Å². The van der Waals surface area contributed by atoms with E-state index in [1.165, 1.54) is 17.4 Å². The number of anilines is 2. The van der Waals surface area contributed by atoms with Crippen LogP contribution in [0, 0.1) is 0 Å². The number of ether oxygens (including phenoxy) is 1. The Hall–Kier alpha value is -2.71. The molecule has 2 aromatic carbocycles. The first-order chi connectivity index (χ1) is 15.1. The molecule has 7 nitrogen and oxygen atoms in total. The van der Waals surface area contributed by atoms with Crippen LogP contribution in [0.25, 0.3) is 0 Å². The highest BCUT2D eigenvalue weighted by Gasteiger charge is 2.18. The van der Waals surface area contributed by atoms with Gasteiger partial charge in [0.1, 0.15) is 5.75 Å². The lowest BCUT2D eigenvalue weighted by molar-refractivity contribution is -0.136. The highest BCUT2D eigenvalue weighted by molar-refractivity contribution is 7.98. The van der Waals surface area contributed by atoms with Gasteiger partial charge >= 0.3 is 11.8 Å². The third-order valence-corrected chi connectivity index (χ3v) is 6.10. The lowest BCUT2D eigenvalue weighted by atomic mass is 10.2. The van der Waals surface area contributed by atoms with Crippen molar-refractivity contribution >= 4 is 35.0 Å². The molecule has 0 radical (unpaired) electrons. The second-order valence-electron chi connectivity index (χ2n) is 7.29. The van der Waals surface area contributed by atoms with E-state index in [0.29, 0.717) is 12.2 Å². The molecular formula is C23H30N4O3S. The number of rotatable bonds is 8. The summed E-state index contributed by atoms with van der Waals surface area (Å²) in [6, 6.07) is 15.6. The van der Waals surface area contributed by atoms with Crippen LogP contribution in [0.4, 0.5) is 11.4 Å². The van der Waals surface area contributed by atoms with E-state index in [-0.39, 0.29) is 0 Å². The molecule has 0 aromatic heterocycles. The largest absolute Gasteiger partial charge is 0.497 e. The summed E-state index contributed by atoms with van der Waals surface area (Å²) in [7, 11) is 1.67. The summed E-state index contributed by atoms with van der Waals surface area (Å²) in [6.07, 6.45) is 2.74. The van der Waals surface area contributed by atoms with Crippen molar-refractivity contribution < 1.29 is 14.3 Å². The number of carbonyl (C=O) groups is 2. The first-order valence-corrected chi connectivity index (χ1v) is 11.7. The van der Waals surface area contributed by atoms with Gasteiger partial charge in [-0.3, -0.25) is 14.5 Å². The van der Waals surface area contributed by atoms with Crippen LogP contribution in [-0.2, 0) is 9.59 Å². The SMILES string of the molecule is COc1ccc(N2CCN(CCCNC(=O)C(=O)Nc3ccccc3SC)CC2)cc1. The maximum atomic E-state index is 12.1. The molecule has 0 saturated carbocycles. The monoisotopic (exact) mass is 442 g/mol. The van der Waals surface area contributed by atoms with Gasteiger partial charge in [0.2, 0.25) is 0 Å². The predicted molar refractivity (Wildman–Crippen MR) is 126 cm³/mol. The lowest BCUT2D eigenvalue weighted by Crippen LogP contribution is -2.47. The molecular weight excluding hydrogens is 412 g/mol. The topological polar surface area (TPSA) is 73.9 Å². The molecule has 0 unspecified atom stereocenters. The first-order valence-electron chi connectivity index (χ1n) is 10.4. The minimum Gasteiger partial charge on any atom is -0.497 e. The number of hydrogen-bond acceptors (Lipinski definition) is 6. The van der Waals surface area contributed by atoms with Crippen LogP contribution >= 0.6 is 11.8 Å². The highest BCUT2D eigenvalue weighted by atomic mass is 32.2. The number of carbonyl (C=O) groups excluding carboxylic acids is 2. The molecule has 1 fully saturated rings.